The van der Waals surface area contributed by atoms with Crippen LogP contribution in [0.2, 0.25) is 0 Å². The fourth-order valence-corrected chi connectivity index (χ4v) is 1.47. The van der Waals surface area contributed by atoms with E-state index in [9.17, 15) is 4.79 Å². The van der Waals surface area contributed by atoms with Gasteiger partial charge in [-0.2, -0.15) is 0 Å². The smallest absolute Gasteiger partial charge is 0.323 e. The van der Waals surface area contributed by atoms with Gasteiger partial charge in [-0.05, 0) is 25.1 Å². The molecule has 1 heterocycles. The van der Waals surface area contributed by atoms with Crippen LogP contribution in [-0.4, -0.2) is 22.6 Å². The summed E-state index contributed by atoms with van der Waals surface area (Å²) in [6, 6.07) is 5.88. The molecule has 1 atom stereocenters. The van der Waals surface area contributed by atoms with Gasteiger partial charge in [-0.3, -0.25) is 0 Å². The number of H-pyrrole nitrogens is 2. The molecule has 0 saturated carbocycles. The van der Waals surface area contributed by atoms with Crippen LogP contribution in [0.4, 0.5) is 5.69 Å². The summed E-state index contributed by atoms with van der Waals surface area (Å²) in [6.45, 7) is 2.58. The van der Waals surface area contributed by atoms with Gasteiger partial charge in [0.2, 0.25) is 0 Å². The first kappa shape index (κ1) is 9.79. The van der Waals surface area contributed by atoms with Crippen molar-refractivity contribution in [3.8, 4) is 0 Å². The number of rotatable bonds is 3. The average molecular weight is 206 g/mol. The second kappa shape index (κ2) is 3.78. The van der Waals surface area contributed by atoms with Crippen molar-refractivity contribution in [1.29, 1.82) is 0 Å². The normalized spacial score (nSPS) is 12.9. The summed E-state index contributed by atoms with van der Waals surface area (Å²) in [5.41, 5.74) is 7.89. The van der Waals surface area contributed by atoms with E-state index in [1.807, 2.05) is 25.1 Å². The minimum atomic E-state index is -0.186. The SMILES string of the molecule is CC(CN)Nc1ccc2[nH]c(=O)[nH]c2c1. The Morgan fingerprint density at radius 3 is 2.87 bits per heavy atom. The van der Waals surface area contributed by atoms with Crippen LogP contribution in [0.1, 0.15) is 6.92 Å². The van der Waals surface area contributed by atoms with Crippen LogP contribution in [-0.2, 0) is 0 Å². The van der Waals surface area contributed by atoms with Crippen LogP contribution in [0.5, 0.6) is 0 Å². The van der Waals surface area contributed by atoms with E-state index in [-0.39, 0.29) is 11.7 Å². The molecule has 0 aliphatic rings. The third-order valence-corrected chi connectivity index (χ3v) is 2.28. The number of aromatic nitrogens is 2. The molecule has 15 heavy (non-hydrogen) atoms. The van der Waals surface area contributed by atoms with Gasteiger partial charge in [0.05, 0.1) is 11.0 Å². The van der Waals surface area contributed by atoms with Gasteiger partial charge < -0.3 is 21.0 Å². The summed E-state index contributed by atoms with van der Waals surface area (Å²) in [7, 11) is 0. The zero-order valence-corrected chi connectivity index (χ0v) is 8.50. The van der Waals surface area contributed by atoms with E-state index in [1.54, 1.807) is 0 Å². The summed E-state index contributed by atoms with van der Waals surface area (Å²) in [5, 5.41) is 3.23. The molecule has 0 aliphatic heterocycles. The van der Waals surface area contributed by atoms with E-state index in [1.165, 1.54) is 0 Å². The Hall–Kier alpha value is -1.75. The van der Waals surface area contributed by atoms with E-state index in [0.29, 0.717) is 6.54 Å². The molecule has 5 N–H and O–H groups in total. The molecule has 0 radical (unpaired) electrons. The molecule has 0 bridgehead atoms. The van der Waals surface area contributed by atoms with Crippen molar-refractivity contribution in [1.82, 2.24) is 9.97 Å². The van der Waals surface area contributed by atoms with Crippen LogP contribution in [0.25, 0.3) is 11.0 Å². The van der Waals surface area contributed by atoms with Gasteiger partial charge in [0.25, 0.3) is 0 Å². The Balaban J connectivity index is 2.34. The van der Waals surface area contributed by atoms with Crippen molar-refractivity contribution < 1.29 is 0 Å². The molecule has 5 heteroatoms. The minimum absolute atomic E-state index is 0.186. The lowest BCUT2D eigenvalue weighted by Gasteiger charge is -2.12. The molecule has 2 rings (SSSR count). The monoisotopic (exact) mass is 206 g/mol. The lowest BCUT2D eigenvalue weighted by atomic mass is 10.2. The van der Waals surface area contributed by atoms with Crippen molar-refractivity contribution in [3.63, 3.8) is 0 Å². The lowest BCUT2D eigenvalue weighted by Crippen LogP contribution is -2.25. The standard InChI is InChI=1S/C10H14N4O/c1-6(5-11)12-7-2-3-8-9(4-7)14-10(15)13-8/h2-4,6,12H,5,11H2,1H3,(H2,13,14,15). The fraction of sp³-hybridized carbons (Fsp3) is 0.300. The van der Waals surface area contributed by atoms with Crippen molar-refractivity contribution in [2.45, 2.75) is 13.0 Å². The fourth-order valence-electron chi connectivity index (χ4n) is 1.47. The molecular weight excluding hydrogens is 192 g/mol. The van der Waals surface area contributed by atoms with E-state index in [2.05, 4.69) is 15.3 Å². The first-order valence-corrected chi connectivity index (χ1v) is 4.87. The van der Waals surface area contributed by atoms with Gasteiger partial charge in [-0.15, -0.1) is 0 Å². The second-order valence-electron chi connectivity index (χ2n) is 3.62. The number of anilines is 1. The van der Waals surface area contributed by atoms with Gasteiger partial charge in [0, 0.05) is 18.3 Å². The highest BCUT2D eigenvalue weighted by Gasteiger charge is 2.02. The molecule has 0 fully saturated rings. The van der Waals surface area contributed by atoms with Crippen LogP contribution >= 0.6 is 0 Å². The van der Waals surface area contributed by atoms with Crippen LogP contribution < -0.4 is 16.7 Å². The first-order chi connectivity index (χ1) is 7.19. The summed E-state index contributed by atoms with van der Waals surface area (Å²) in [5.74, 6) is 0. The highest BCUT2D eigenvalue weighted by atomic mass is 16.1. The molecule has 80 valence electrons. The zero-order chi connectivity index (χ0) is 10.8. The Bertz CT molecular complexity index is 513. The third-order valence-electron chi connectivity index (χ3n) is 2.28. The minimum Gasteiger partial charge on any atom is -0.381 e. The van der Waals surface area contributed by atoms with Crippen LogP contribution in [0.3, 0.4) is 0 Å². The zero-order valence-electron chi connectivity index (χ0n) is 8.50. The molecule has 2 aromatic rings. The maximum Gasteiger partial charge on any atom is 0.323 e. The number of hydrogen-bond acceptors (Lipinski definition) is 3. The third kappa shape index (κ3) is 2.02. The van der Waals surface area contributed by atoms with E-state index in [0.717, 1.165) is 16.7 Å². The Labute approximate surface area is 86.7 Å². The van der Waals surface area contributed by atoms with Gasteiger partial charge in [0.1, 0.15) is 0 Å². The Kier molecular flexibility index (Phi) is 2.47. The molecular formula is C10H14N4O. The van der Waals surface area contributed by atoms with Crippen molar-refractivity contribution in [3.05, 3.63) is 28.7 Å². The highest BCUT2D eigenvalue weighted by molar-refractivity contribution is 5.78. The van der Waals surface area contributed by atoms with Gasteiger partial charge >= 0.3 is 5.69 Å². The van der Waals surface area contributed by atoms with Gasteiger partial charge in [0.15, 0.2) is 0 Å². The first-order valence-electron chi connectivity index (χ1n) is 4.87. The quantitative estimate of drug-likeness (QED) is 0.593. The maximum atomic E-state index is 11.0. The second-order valence-corrected chi connectivity index (χ2v) is 3.62. The molecule has 1 aromatic carbocycles. The largest absolute Gasteiger partial charge is 0.381 e. The molecule has 5 nitrogen and oxygen atoms in total. The molecule has 0 spiro atoms. The molecule has 1 unspecified atom stereocenters. The van der Waals surface area contributed by atoms with Gasteiger partial charge in [-0.1, -0.05) is 0 Å². The summed E-state index contributed by atoms with van der Waals surface area (Å²) in [6.07, 6.45) is 0. The topological polar surface area (TPSA) is 86.7 Å². The molecule has 0 saturated heterocycles. The number of imidazole rings is 1. The molecule has 0 amide bonds. The average Bonchev–Trinajstić information content (AvgIpc) is 2.57. The van der Waals surface area contributed by atoms with Crippen LogP contribution in [0, 0.1) is 0 Å². The Morgan fingerprint density at radius 2 is 2.13 bits per heavy atom. The van der Waals surface area contributed by atoms with Crippen molar-refractivity contribution in [2.75, 3.05) is 11.9 Å². The maximum absolute atomic E-state index is 11.0. The number of aromatic amines is 2. The molecule has 0 aliphatic carbocycles. The summed E-state index contributed by atoms with van der Waals surface area (Å²) in [4.78, 5) is 16.4. The predicted molar refractivity (Wildman–Crippen MR) is 61.1 cm³/mol. The van der Waals surface area contributed by atoms with Crippen LogP contribution in [0.15, 0.2) is 23.0 Å². The summed E-state index contributed by atoms with van der Waals surface area (Å²) < 4.78 is 0. The molecule has 1 aromatic heterocycles. The van der Waals surface area contributed by atoms with Crippen molar-refractivity contribution >= 4 is 16.7 Å². The number of nitrogens with two attached hydrogens (primary N) is 1. The highest BCUT2D eigenvalue weighted by Crippen LogP contribution is 2.14. The van der Waals surface area contributed by atoms with Gasteiger partial charge in [-0.25, -0.2) is 4.79 Å². The predicted octanol–water partition coefficient (Wildman–Crippen LogP) is 0.615. The van der Waals surface area contributed by atoms with E-state index < -0.39 is 0 Å². The number of nitrogens with one attached hydrogen (secondary N) is 3. The Morgan fingerprint density at radius 1 is 1.40 bits per heavy atom. The number of benzene rings is 1. The van der Waals surface area contributed by atoms with E-state index >= 15 is 0 Å². The summed E-state index contributed by atoms with van der Waals surface area (Å²) >= 11 is 0. The number of hydrogen-bond donors (Lipinski definition) is 4. The van der Waals surface area contributed by atoms with Crippen molar-refractivity contribution in [2.24, 2.45) is 5.73 Å². The van der Waals surface area contributed by atoms with E-state index in [4.69, 9.17) is 5.73 Å². The number of fused-ring (bicyclic) bond motifs is 1. The lowest BCUT2D eigenvalue weighted by molar-refractivity contribution is 0.804.